The Hall–Kier alpha value is -1.77. The van der Waals surface area contributed by atoms with Gasteiger partial charge in [-0.3, -0.25) is 0 Å². The van der Waals surface area contributed by atoms with E-state index in [-0.39, 0.29) is 5.75 Å². The van der Waals surface area contributed by atoms with Crippen molar-refractivity contribution in [3.05, 3.63) is 35.4 Å². The summed E-state index contributed by atoms with van der Waals surface area (Å²) in [5.74, 6) is -0.222. The SMILES string of the molecule is COC(=O)C=Cc1cc(C)cc(O)c1. The minimum absolute atomic E-state index is 0.189. The third-order valence-corrected chi connectivity index (χ3v) is 1.70. The number of phenolic OH excluding ortho intramolecular Hbond substituents is 1. The Morgan fingerprint density at radius 3 is 2.71 bits per heavy atom. The van der Waals surface area contributed by atoms with Crippen LogP contribution in [0.1, 0.15) is 11.1 Å². The van der Waals surface area contributed by atoms with Crippen LogP contribution in [0, 0.1) is 6.92 Å². The molecule has 0 saturated carbocycles. The highest BCUT2D eigenvalue weighted by Crippen LogP contribution is 2.15. The number of aryl methyl sites for hydroxylation is 1. The van der Waals surface area contributed by atoms with E-state index in [0.717, 1.165) is 11.1 Å². The number of benzene rings is 1. The summed E-state index contributed by atoms with van der Waals surface area (Å²) in [5, 5.41) is 9.27. The number of ether oxygens (including phenoxy) is 1. The van der Waals surface area contributed by atoms with Crippen LogP contribution in [0.5, 0.6) is 5.75 Å². The summed E-state index contributed by atoms with van der Waals surface area (Å²) in [5.41, 5.74) is 1.71. The highest BCUT2D eigenvalue weighted by atomic mass is 16.5. The van der Waals surface area contributed by atoms with E-state index < -0.39 is 5.97 Å². The predicted molar refractivity (Wildman–Crippen MR) is 53.9 cm³/mol. The number of phenols is 1. The summed E-state index contributed by atoms with van der Waals surface area (Å²) in [6.07, 6.45) is 2.91. The highest BCUT2D eigenvalue weighted by molar-refractivity contribution is 5.87. The van der Waals surface area contributed by atoms with Crippen molar-refractivity contribution < 1.29 is 14.6 Å². The molecule has 0 saturated heterocycles. The van der Waals surface area contributed by atoms with Gasteiger partial charge in [0.2, 0.25) is 0 Å². The molecule has 0 aromatic heterocycles. The fourth-order valence-corrected chi connectivity index (χ4v) is 1.12. The van der Waals surface area contributed by atoms with Crippen molar-refractivity contribution in [2.75, 3.05) is 7.11 Å². The smallest absolute Gasteiger partial charge is 0.330 e. The molecule has 0 amide bonds. The number of methoxy groups -OCH3 is 1. The van der Waals surface area contributed by atoms with Gasteiger partial charge in [0.05, 0.1) is 7.11 Å². The van der Waals surface area contributed by atoms with Crippen LogP contribution in [0.2, 0.25) is 0 Å². The van der Waals surface area contributed by atoms with Crippen LogP contribution in [0.4, 0.5) is 0 Å². The second-order valence-electron chi connectivity index (χ2n) is 2.96. The summed E-state index contributed by atoms with van der Waals surface area (Å²) in [6, 6.07) is 5.08. The number of carbonyl (C=O) groups is 1. The molecule has 0 spiro atoms. The van der Waals surface area contributed by atoms with E-state index in [1.807, 2.05) is 13.0 Å². The molecule has 0 heterocycles. The number of hydrogen-bond acceptors (Lipinski definition) is 3. The van der Waals surface area contributed by atoms with Crippen LogP contribution >= 0.6 is 0 Å². The number of rotatable bonds is 2. The first-order valence-corrected chi connectivity index (χ1v) is 4.18. The van der Waals surface area contributed by atoms with Gasteiger partial charge in [-0.05, 0) is 36.3 Å². The van der Waals surface area contributed by atoms with Gasteiger partial charge in [0.1, 0.15) is 5.75 Å². The van der Waals surface area contributed by atoms with E-state index in [4.69, 9.17) is 0 Å². The van der Waals surface area contributed by atoms with Gasteiger partial charge in [-0.1, -0.05) is 6.07 Å². The Kier molecular flexibility index (Phi) is 3.29. The lowest BCUT2D eigenvalue weighted by Crippen LogP contribution is -1.93. The molecule has 0 radical (unpaired) electrons. The average molecular weight is 192 g/mol. The molecular formula is C11H12O3. The first-order chi connectivity index (χ1) is 6.61. The minimum Gasteiger partial charge on any atom is -0.508 e. The summed E-state index contributed by atoms with van der Waals surface area (Å²) in [6.45, 7) is 1.87. The van der Waals surface area contributed by atoms with E-state index in [1.165, 1.54) is 13.2 Å². The zero-order valence-corrected chi connectivity index (χ0v) is 8.15. The van der Waals surface area contributed by atoms with E-state index >= 15 is 0 Å². The molecular weight excluding hydrogens is 180 g/mol. The Morgan fingerprint density at radius 2 is 2.14 bits per heavy atom. The second kappa shape index (κ2) is 4.46. The summed E-state index contributed by atoms with van der Waals surface area (Å²) in [4.78, 5) is 10.8. The molecule has 0 unspecified atom stereocenters. The maximum Gasteiger partial charge on any atom is 0.330 e. The molecule has 0 aliphatic rings. The van der Waals surface area contributed by atoms with Crippen LogP contribution in [0.25, 0.3) is 6.08 Å². The number of aromatic hydroxyl groups is 1. The Bertz CT molecular complexity index is 347. The van der Waals surface area contributed by atoms with Gasteiger partial charge in [-0.2, -0.15) is 0 Å². The van der Waals surface area contributed by atoms with Gasteiger partial charge in [0, 0.05) is 6.08 Å². The van der Waals surface area contributed by atoms with E-state index in [0.29, 0.717) is 0 Å². The van der Waals surface area contributed by atoms with Crippen molar-refractivity contribution in [3.63, 3.8) is 0 Å². The van der Waals surface area contributed by atoms with Crippen molar-refractivity contribution in [1.82, 2.24) is 0 Å². The second-order valence-corrected chi connectivity index (χ2v) is 2.96. The van der Waals surface area contributed by atoms with E-state index in [9.17, 15) is 9.90 Å². The lowest BCUT2D eigenvalue weighted by Gasteiger charge is -1.98. The van der Waals surface area contributed by atoms with E-state index in [2.05, 4.69) is 4.74 Å². The summed E-state index contributed by atoms with van der Waals surface area (Å²) >= 11 is 0. The Balaban J connectivity index is 2.86. The molecule has 74 valence electrons. The van der Waals surface area contributed by atoms with Crippen LogP contribution < -0.4 is 0 Å². The van der Waals surface area contributed by atoms with Crippen LogP contribution in [-0.4, -0.2) is 18.2 Å². The predicted octanol–water partition coefficient (Wildman–Crippen LogP) is 1.89. The van der Waals surface area contributed by atoms with Gasteiger partial charge >= 0.3 is 5.97 Å². The topological polar surface area (TPSA) is 46.5 Å². The monoisotopic (exact) mass is 192 g/mol. The third kappa shape index (κ3) is 2.94. The first-order valence-electron chi connectivity index (χ1n) is 4.18. The molecule has 0 aliphatic heterocycles. The van der Waals surface area contributed by atoms with E-state index in [1.54, 1.807) is 18.2 Å². The van der Waals surface area contributed by atoms with Gasteiger partial charge < -0.3 is 9.84 Å². The molecule has 14 heavy (non-hydrogen) atoms. The van der Waals surface area contributed by atoms with Crippen molar-refractivity contribution in [3.8, 4) is 5.75 Å². The molecule has 3 nitrogen and oxygen atoms in total. The minimum atomic E-state index is -0.411. The fraction of sp³-hybridized carbons (Fsp3) is 0.182. The summed E-state index contributed by atoms with van der Waals surface area (Å²) in [7, 11) is 1.32. The standard InChI is InChI=1S/C11H12O3/c1-8-5-9(7-10(12)6-8)3-4-11(13)14-2/h3-7,12H,1-2H3. The van der Waals surface area contributed by atoms with Crippen molar-refractivity contribution in [2.24, 2.45) is 0 Å². The van der Waals surface area contributed by atoms with Crippen molar-refractivity contribution in [1.29, 1.82) is 0 Å². The highest BCUT2D eigenvalue weighted by Gasteiger charge is 1.95. The van der Waals surface area contributed by atoms with Crippen LogP contribution in [-0.2, 0) is 9.53 Å². The molecule has 1 rings (SSSR count). The summed E-state index contributed by atoms with van der Waals surface area (Å²) < 4.78 is 4.44. The maximum absolute atomic E-state index is 10.8. The molecule has 0 bridgehead atoms. The number of esters is 1. The average Bonchev–Trinajstić information content (AvgIpc) is 2.12. The molecule has 1 aromatic rings. The number of hydrogen-bond donors (Lipinski definition) is 1. The molecule has 1 N–H and O–H groups in total. The Labute approximate surface area is 82.6 Å². The number of carbonyl (C=O) groups excluding carboxylic acids is 1. The lowest BCUT2D eigenvalue weighted by molar-refractivity contribution is -0.134. The molecule has 1 aromatic carbocycles. The van der Waals surface area contributed by atoms with Gasteiger partial charge in [0.25, 0.3) is 0 Å². The first kappa shape index (κ1) is 10.3. The fourth-order valence-electron chi connectivity index (χ4n) is 1.12. The zero-order chi connectivity index (χ0) is 10.6. The molecule has 0 fully saturated rings. The molecule has 0 aliphatic carbocycles. The van der Waals surface area contributed by atoms with Crippen molar-refractivity contribution in [2.45, 2.75) is 6.92 Å². The maximum atomic E-state index is 10.8. The lowest BCUT2D eigenvalue weighted by atomic mass is 10.1. The van der Waals surface area contributed by atoms with Gasteiger partial charge in [-0.25, -0.2) is 4.79 Å². The zero-order valence-electron chi connectivity index (χ0n) is 8.15. The van der Waals surface area contributed by atoms with Gasteiger partial charge in [0.15, 0.2) is 0 Å². The van der Waals surface area contributed by atoms with Crippen LogP contribution in [0.15, 0.2) is 24.3 Å². The van der Waals surface area contributed by atoms with Crippen LogP contribution in [0.3, 0.4) is 0 Å². The van der Waals surface area contributed by atoms with Gasteiger partial charge in [-0.15, -0.1) is 0 Å². The molecule has 3 heteroatoms. The van der Waals surface area contributed by atoms with Crippen molar-refractivity contribution >= 4 is 12.0 Å². The largest absolute Gasteiger partial charge is 0.508 e. The third-order valence-electron chi connectivity index (χ3n) is 1.70. The quantitative estimate of drug-likeness (QED) is 0.575. The normalized spacial score (nSPS) is 10.4. The Morgan fingerprint density at radius 1 is 1.43 bits per heavy atom. The molecule has 0 atom stereocenters.